The molecule has 4 saturated carbocycles. The molecule has 5 rings (SSSR count). The van der Waals surface area contributed by atoms with E-state index >= 15 is 0 Å². The number of phenolic OH excluding ortho intramolecular Hbond substituents is 1. The molecule has 0 unspecified atom stereocenters. The molecule has 4 fully saturated rings. The van der Waals surface area contributed by atoms with Crippen molar-refractivity contribution in [3.63, 3.8) is 0 Å². The molecule has 0 saturated heterocycles. The lowest BCUT2D eigenvalue weighted by Gasteiger charge is -2.54. The topological polar surface area (TPSA) is 86.7 Å². The van der Waals surface area contributed by atoms with E-state index in [4.69, 9.17) is 5.73 Å². The molecule has 4 bridgehead atoms. The second kappa shape index (κ2) is 7.67. The molecule has 26 heavy (non-hydrogen) atoms. The van der Waals surface area contributed by atoms with Gasteiger partial charge in [-0.3, -0.25) is 0 Å². The maximum Gasteiger partial charge on any atom is 0.119 e. The molecule has 0 aliphatic heterocycles. The number of benzene rings is 1. The van der Waals surface area contributed by atoms with E-state index in [2.05, 4.69) is 6.07 Å². The van der Waals surface area contributed by atoms with Gasteiger partial charge in [0.1, 0.15) is 5.75 Å². The second-order valence-corrected chi connectivity index (χ2v) is 9.03. The zero-order valence-corrected chi connectivity index (χ0v) is 16.1. The first-order chi connectivity index (χ1) is 12.0. The van der Waals surface area contributed by atoms with Crippen molar-refractivity contribution < 1.29 is 15.3 Å². The fourth-order valence-electron chi connectivity index (χ4n) is 6.06. The van der Waals surface area contributed by atoms with Gasteiger partial charge in [-0.15, -0.1) is 12.4 Å². The smallest absolute Gasteiger partial charge is 0.119 e. The molecule has 4 aliphatic rings. The van der Waals surface area contributed by atoms with Crippen LogP contribution in [-0.2, 0) is 6.42 Å². The van der Waals surface area contributed by atoms with E-state index in [1.165, 1.54) is 32.1 Å². The van der Waals surface area contributed by atoms with E-state index in [0.29, 0.717) is 24.5 Å². The number of rotatable bonds is 6. The van der Waals surface area contributed by atoms with Gasteiger partial charge in [-0.05, 0) is 91.7 Å². The molecule has 0 radical (unpaired) electrons. The predicted molar refractivity (Wildman–Crippen MR) is 105 cm³/mol. The Hall–Kier alpha value is -0.810. The molecule has 4 aliphatic carbocycles. The fraction of sp³-hybridized carbons (Fsp3) is 0.714. The van der Waals surface area contributed by atoms with Crippen molar-refractivity contribution in [3.05, 3.63) is 29.3 Å². The van der Waals surface area contributed by atoms with Crippen molar-refractivity contribution in [3.8, 4) is 5.75 Å². The van der Waals surface area contributed by atoms with Gasteiger partial charge in [0.25, 0.3) is 0 Å². The summed E-state index contributed by atoms with van der Waals surface area (Å²) in [5, 5.41) is 29.3. The summed E-state index contributed by atoms with van der Waals surface area (Å²) in [6.45, 7) is -0.437. The lowest BCUT2D eigenvalue weighted by Crippen LogP contribution is -2.47. The Labute approximate surface area is 162 Å². The Balaban J connectivity index is 0.00000196. The zero-order chi connectivity index (χ0) is 17.6. The summed E-state index contributed by atoms with van der Waals surface area (Å²) < 4.78 is 0. The third kappa shape index (κ3) is 3.62. The predicted octanol–water partition coefficient (Wildman–Crippen LogP) is 2.97. The minimum Gasteiger partial charge on any atom is -0.508 e. The van der Waals surface area contributed by atoms with Crippen molar-refractivity contribution in [1.29, 1.82) is 0 Å². The molecule has 0 atom stereocenters. The maximum absolute atomic E-state index is 10.5. The van der Waals surface area contributed by atoms with Crippen LogP contribution in [0.25, 0.3) is 0 Å². The summed E-state index contributed by atoms with van der Waals surface area (Å²) in [5.41, 5.74) is 7.33. The summed E-state index contributed by atoms with van der Waals surface area (Å²) in [7, 11) is 0. The first-order valence-corrected chi connectivity index (χ1v) is 9.83. The van der Waals surface area contributed by atoms with Crippen molar-refractivity contribution in [2.45, 2.75) is 56.4 Å². The van der Waals surface area contributed by atoms with Crippen LogP contribution in [0, 0.1) is 23.7 Å². The zero-order valence-electron chi connectivity index (χ0n) is 15.3. The average Bonchev–Trinajstić information content (AvgIpc) is 2.61. The number of aliphatic hydroxyl groups is 2. The van der Waals surface area contributed by atoms with E-state index in [9.17, 15) is 15.3 Å². The van der Waals surface area contributed by atoms with Crippen molar-refractivity contribution in [2.75, 3.05) is 13.2 Å². The molecule has 1 aromatic rings. The van der Waals surface area contributed by atoms with Crippen LogP contribution in [0.3, 0.4) is 0 Å². The third-order valence-electron chi connectivity index (χ3n) is 7.22. The first-order valence-electron chi connectivity index (χ1n) is 9.83. The number of aromatic hydroxyl groups is 1. The SMILES string of the molecule is Cl.NC(CO)(CO)CCc1ccc(O)c(C2C3CC4CC(C3)CC2C4)c1. The lowest BCUT2D eigenvalue weighted by molar-refractivity contribution is -0.00349. The van der Waals surface area contributed by atoms with Crippen LogP contribution in [0.5, 0.6) is 5.75 Å². The molecule has 0 heterocycles. The van der Waals surface area contributed by atoms with E-state index in [0.717, 1.165) is 34.8 Å². The van der Waals surface area contributed by atoms with Crippen LogP contribution >= 0.6 is 12.4 Å². The van der Waals surface area contributed by atoms with E-state index in [1.807, 2.05) is 12.1 Å². The third-order valence-corrected chi connectivity index (χ3v) is 7.22. The van der Waals surface area contributed by atoms with Gasteiger partial charge in [0, 0.05) is 0 Å². The van der Waals surface area contributed by atoms with Crippen LogP contribution < -0.4 is 5.73 Å². The van der Waals surface area contributed by atoms with Crippen LogP contribution in [0.4, 0.5) is 0 Å². The Morgan fingerprint density at radius 1 is 0.962 bits per heavy atom. The monoisotopic (exact) mass is 381 g/mol. The highest BCUT2D eigenvalue weighted by atomic mass is 35.5. The quantitative estimate of drug-likeness (QED) is 0.610. The number of aliphatic hydroxyl groups excluding tert-OH is 2. The van der Waals surface area contributed by atoms with E-state index in [1.54, 1.807) is 0 Å². The number of nitrogens with two attached hydrogens (primary N) is 1. The van der Waals surface area contributed by atoms with Gasteiger partial charge in [0.05, 0.1) is 18.8 Å². The van der Waals surface area contributed by atoms with Crippen molar-refractivity contribution in [1.82, 2.24) is 0 Å². The summed E-state index contributed by atoms with van der Waals surface area (Å²) in [6.07, 6.45) is 8.02. The molecule has 0 amide bonds. The van der Waals surface area contributed by atoms with E-state index in [-0.39, 0.29) is 25.6 Å². The number of hydrogen-bond donors (Lipinski definition) is 4. The first kappa shape index (κ1) is 19.9. The maximum atomic E-state index is 10.5. The summed E-state index contributed by atoms with van der Waals surface area (Å²) in [5.74, 6) is 4.27. The highest BCUT2D eigenvalue weighted by Gasteiger charge is 2.49. The Morgan fingerprint density at radius 2 is 1.54 bits per heavy atom. The molecule has 0 spiro atoms. The minimum atomic E-state index is -0.930. The van der Waals surface area contributed by atoms with Crippen molar-refractivity contribution >= 4 is 12.4 Å². The Morgan fingerprint density at radius 3 is 2.08 bits per heavy atom. The second-order valence-electron chi connectivity index (χ2n) is 9.03. The summed E-state index contributed by atoms with van der Waals surface area (Å²) in [4.78, 5) is 0. The van der Waals surface area contributed by atoms with E-state index < -0.39 is 5.54 Å². The number of phenols is 1. The highest BCUT2D eigenvalue weighted by Crippen LogP contribution is 2.60. The lowest BCUT2D eigenvalue weighted by atomic mass is 9.50. The van der Waals surface area contributed by atoms with Crippen LogP contribution in [0.2, 0.25) is 0 Å². The molecule has 1 aromatic carbocycles. The van der Waals surface area contributed by atoms with Gasteiger partial charge in [-0.2, -0.15) is 0 Å². The summed E-state index contributed by atoms with van der Waals surface area (Å²) >= 11 is 0. The molecule has 5 heteroatoms. The standard InChI is InChI=1S/C21H31NO3.ClH/c22-21(11-23,12-24)4-3-13-1-2-19(25)18(10-13)20-16-6-14-5-15(8-16)9-17(20)7-14;/h1-2,10,14-17,20,23-25H,3-9,11-12,22H2;1H. The van der Waals surface area contributed by atoms with Gasteiger partial charge < -0.3 is 21.1 Å². The Kier molecular flexibility index (Phi) is 5.88. The van der Waals surface area contributed by atoms with Crippen LogP contribution in [0.15, 0.2) is 18.2 Å². The molecule has 0 aromatic heterocycles. The number of hydrogen-bond acceptors (Lipinski definition) is 4. The normalized spacial score (nSPS) is 32.5. The Bertz CT molecular complexity index is 604. The molecular formula is C21H32ClNO3. The number of aryl methyl sites for hydroxylation is 1. The average molecular weight is 382 g/mol. The van der Waals surface area contributed by atoms with Gasteiger partial charge in [0.2, 0.25) is 0 Å². The van der Waals surface area contributed by atoms with Crippen LogP contribution in [0.1, 0.15) is 55.6 Å². The minimum absolute atomic E-state index is 0. The summed E-state index contributed by atoms with van der Waals surface area (Å²) in [6, 6.07) is 5.94. The molecule has 4 nitrogen and oxygen atoms in total. The van der Waals surface area contributed by atoms with Crippen LogP contribution in [-0.4, -0.2) is 34.1 Å². The molecular weight excluding hydrogens is 350 g/mol. The molecule has 146 valence electrons. The van der Waals surface area contributed by atoms with Crippen molar-refractivity contribution in [2.24, 2.45) is 29.4 Å². The highest BCUT2D eigenvalue weighted by molar-refractivity contribution is 5.85. The van der Waals surface area contributed by atoms with Gasteiger partial charge >= 0.3 is 0 Å². The fourth-order valence-corrected chi connectivity index (χ4v) is 6.06. The van der Waals surface area contributed by atoms with Gasteiger partial charge in [0.15, 0.2) is 0 Å². The number of halogens is 1. The molecule has 5 N–H and O–H groups in total. The largest absolute Gasteiger partial charge is 0.508 e. The van der Waals surface area contributed by atoms with Gasteiger partial charge in [-0.25, -0.2) is 0 Å². The van der Waals surface area contributed by atoms with Gasteiger partial charge in [-0.1, -0.05) is 12.1 Å².